The summed E-state index contributed by atoms with van der Waals surface area (Å²) in [5, 5.41) is 2.88. The van der Waals surface area contributed by atoms with Crippen LogP contribution in [-0.2, 0) is 16.0 Å². The van der Waals surface area contributed by atoms with Crippen molar-refractivity contribution in [3.63, 3.8) is 0 Å². The molecule has 4 rings (SSSR count). The second-order valence-corrected chi connectivity index (χ2v) is 9.48. The highest BCUT2D eigenvalue weighted by Crippen LogP contribution is 2.44. The van der Waals surface area contributed by atoms with Gasteiger partial charge in [0.25, 0.3) is 0 Å². The van der Waals surface area contributed by atoms with Crippen molar-refractivity contribution in [3.8, 4) is 0 Å². The van der Waals surface area contributed by atoms with E-state index in [2.05, 4.69) is 50.0 Å². The molecule has 31 heavy (non-hydrogen) atoms. The summed E-state index contributed by atoms with van der Waals surface area (Å²) in [6.07, 6.45) is 1.73. The maximum atomic E-state index is 12.7. The highest BCUT2D eigenvalue weighted by atomic mass is 16.6. The lowest BCUT2D eigenvalue weighted by molar-refractivity contribution is -0.121. The number of carbonyl (C=O) groups excluding carboxylic acids is 2. The highest BCUT2D eigenvalue weighted by molar-refractivity contribution is 5.87. The molecular formula is C26H32N2O3. The number of carbonyl (C=O) groups is 2. The molecule has 0 spiro atoms. The molecule has 1 heterocycles. The molecule has 1 aliphatic carbocycles. The number of hydrogen-bond donors (Lipinski definition) is 1. The molecule has 1 N–H and O–H groups in total. The van der Waals surface area contributed by atoms with Gasteiger partial charge in [-0.15, -0.1) is 0 Å². The summed E-state index contributed by atoms with van der Waals surface area (Å²) in [6, 6.07) is 13.8. The summed E-state index contributed by atoms with van der Waals surface area (Å²) in [6.45, 7) is 10.1. The van der Waals surface area contributed by atoms with Crippen LogP contribution in [-0.4, -0.2) is 24.0 Å². The lowest BCUT2D eigenvalue weighted by Crippen LogP contribution is -2.48. The molecule has 164 valence electrons. The molecule has 0 bridgehead atoms. The van der Waals surface area contributed by atoms with E-state index in [1.807, 2.05) is 30.3 Å². The van der Waals surface area contributed by atoms with Crippen LogP contribution >= 0.6 is 0 Å². The number of hydrogen-bond acceptors (Lipinski definition) is 4. The van der Waals surface area contributed by atoms with E-state index in [9.17, 15) is 9.59 Å². The zero-order chi connectivity index (χ0) is 22.2. The molecule has 2 unspecified atom stereocenters. The van der Waals surface area contributed by atoms with Crippen LogP contribution in [0.15, 0.2) is 42.5 Å². The quantitative estimate of drug-likeness (QED) is 0.660. The predicted octanol–water partition coefficient (Wildman–Crippen LogP) is 5.99. The minimum absolute atomic E-state index is 0.0951. The third kappa shape index (κ3) is 4.32. The van der Waals surface area contributed by atoms with Gasteiger partial charge >= 0.3 is 6.09 Å². The minimum atomic E-state index is -0.533. The zero-order valence-electron chi connectivity index (χ0n) is 18.9. The fourth-order valence-corrected chi connectivity index (χ4v) is 5.21. The molecule has 2 aromatic rings. The van der Waals surface area contributed by atoms with Gasteiger partial charge in [-0.3, -0.25) is 10.1 Å². The average molecular weight is 421 g/mol. The van der Waals surface area contributed by atoms with Crippen LogP contribution in [0, 0.1) is 0 Å². The molecule has 2 aliphatic rings. The Bertz CT molecular complexity index is 998. The number of fused-ring (bicyclic) bond motifs is 2. The third-order valence-corrected chi connectivity index (χ3v) is 6.53. The number of Topliss-reactive ketones (excluding diaryl/α,β-unsaturated/α-hetero) is 1. The van der Waals surface area contributed by atoms with E-state index in [0.29, 0.717) is 12.3 Å². The number of anilines is 2. The van der Waals surface area contributed by atoms with Crippen molar-refractivity contribution in [3.05, 3.63) is 59.2 Å². The number of nitrogens with zero attached hydrogens (tertiary/aromatic N) is 1. The van der Waals surface area contributed by atoms with E-state index in [1.165, 1.54) is 11.3 Å². The van der Waals surface area contributed by atoms with E-state index in [4.69, 9.17) is 4.74 Å². The van der Waals surface area contributed by atoms with Crippen molar-refractivity contribution in [1.82, 2.24) is 0 Å². The molecule has 5 heteroatoms. The van der Waals surface area contributed by atoms with Gasteiger partial charge in [0, 0.05) is 36.3 Å². The Hall–Kier alpha value is -2.82. The molecule has 2 aromatic carbocycles. The lowest BCUT2D eigenvalue weighted by Gasteiger charge is -2.47. The van der Waals surface area contributed by atoms with Gasteiger partial charge in [0.1, 0.15) is 11.9 Å². The summed E-state index contributed by atoms with van der Waals surface area (Å²) in [5.41, 5.74) is 5.20. The first-order valence-electron chi connectivity index (χ1n) is 11.3. The number of ether oxygens (including phenoxy) is 1. The first-order chi connectivity index (χ1) is 14.8. The molecule has 0 aromatic heterocycles. The Morgan fingerprint density at radius 1 is 1.19 bits per heavy atom. The van der Waals surface area contributed by atoms with Crippen molar-refractivity contribution in [1.29, 1.82) is 0 Å². The molecule has 0 radical (unpaired) electrons. The number of benzene rings is 2. The van der Waals surface area contributed by atoms with Gasteiger partial charge in [0.05, 0.1) is 0 Å². The maximum Gasteiger partial charge on any atom is 0.412 e. The number of rotatable bonds is 4. The van der Waals surface area contributed by atoms with Crippen LogP contribution in [0.4, 0.5) is 16.2 Å². The molecule has 0 fully saturated rings. The number of nitrogens with one attached hydrogen (secondary N) is 1. The Balaban J connectivity index is 1.51. The topological polar surface area (TPSA) is 58.6 Å². The van der Waals surface area contributed by atoms with Crippen molar-refractivity contribution in [2.75, 3.05) is 16.8 Å². The number of amides is 1. The molecule has 2 atom stereocenters. The lowest BCUT2D eigenvalue weighted by atomic mass is 9.80. The fourth-order valence-electron chi connectivity index (χ4n) is 5.21. The third-order valence-electron chi connectivity index (χ3n) is 6.53. The monoisotopic (exact) mass is 420 g/mol. The average Bonchev–Trinajstić information content (AvgIpc) is 2.71. The molecular weight excluding hydrogens is 388 g/mol. The second-order valence-electron chi connectivity index (χ2n) is 9.48. The van der Waals surface area contributed by atoms with Gasteiger partial charge < -0.3 is 9.64 Å². The van der Waals surface area contributed by atoms with Crippen LogP contribution in [0.5, 0.6) is 0 Å². The number of ketones is 1. The standard InChI is InChI=1S/C26H32N2O3/c1-5-12-28-23-11-10-19(14-22(23)17(2)16-26(28,3)4)27-25(30)31-24-15-20(29)13-18-8-6-7-9-21(18)24/h6-11,14,17,24H,5,12-13,15-16H2,1-4H3,(H,27,30). The van der Waals surface area contributed by atoms with Crippen molar-refractivity contribution in [2.24, 2.45) is 0 Å². The molecule has 0 saturated carbocycles. The van der Waals surface area contributed by atoms with Gasteiger partial charge in [-0.2, -0.15) is 0 Å². The highest BCUT2D eigenvalue weighted by Gasteiger charge is 2.36. The molecule has 1 aliphatic heterocycles. The summed E-state index contributed by atoms with van der Waals surface area (Å²) in [7, 11) is 0. The normalized spacial score (nSPS) is 21.8. The maximum absolute atomic E-state index is 12.7. The Morgan fingerprint density at radius 2 is 1.97 bits per heavy atom. The van der Waals surface area contributed by atoms with Gasteiger partial charge in [0.2, 0.25) is 0 Å². The van der Waals surface area contributed by atoms with Crippen molar-refractivity contribution in [2.45, 2.75) is 70.9 Å². The minimum Gasteiger partial charge on any atom is -0.441 e. The largest absolute Gasteiger partial charge is 0.441 e. The zero-order valence-corrected chi connectivity index (χ0v) is 18.9. The molecule has 0 saturated heterocycles. The summed E-state index contributed by atoms with van der Waals surface area (Å²) >= 11 is 0. The van der Waals surface area contributed by atoms with Gasteiger partial charge in [-0.05, 0) is 67.5 Å². The second kappa shape index (κ2) is 8.37. The van der Waals surface area contributed by atoms with Gasteiger partial charge in [-0.25, -0.2) is 4.79 Å². The van der Waals surface area contributed by atoms with Crippen molar-refractivity contribution < 1.29 is 14.3 Å². The predicted molar refractivity (Wildman–Crippen MR) is 124 cm³/mol. The van der Waals surface area contributed by atoms with Gasteiger partial charge in [0.15, 0.2) is 0 Å². The molecule has 5 nitrogen and oxygen atoms in total. The summed E-state index contributed by atoms with van der Waals surface area (Å²) in [5.74, 6) is 0.497. The van der Waals surface area contributed by atoms with E-state index in [1.54, 1.807) is 0 Å². The Morgan fingerprint density at radius 3 is 2.74 bits per heavy atom. The van der Waals surface area contributed by atoms with E-state index in [0.717, 1.165) is 36.2 Å². The van der Waals surface area contributed by atoms with Crippen LogP contribution in [0.1, 0.15) is 75.7 Å². The van der Waals surface area contributed by atoms with Crippen LogP contribution in [0.25, 0.3) is 0 Å². The van der Waals surface area contributed by atoms with Crippen molar-refractivity contribution >= 4 is 23.3 Å². The first kappa shape index (κ1) is 21.4. The Labute approximate surface area is 184 Å². The fraction of sp³-hybridized carbons (Fsp3) is 0.462. The first-order valence-corrected chi connectivity index (χ1v) is 11.3. The summed E-state index contributed by atoms with van der Waals surface area (Å²) < 4.78 is 5.67. The van der Waals surface area contributed by atoms with Crippen LogP contribution in [0.2, 0.25) is 0 Å². The van der Waals surface area contributed by atoms with Crippen LogP contribution < -0.4 is 10.2 Å². The van der Waals surface area contributed by atoms with E-state index in [-0.39, 0.29) is 17.7 Å². The Kier molecular flexibility index (Phi) is 5.78. The smallest absolute Gasteiger partial charge is 0.412 e. The van der Waals surface area contributed by atoms with Gasteiger partial charge in [-0.1, -0.05) is 38.1 Å². The summed E-state index contributed by atoms with van der Waals surface area (Å²) in [4.78, 5) is 27.2. The molecule has 1 amide bonds. The SMILES string of the molecule is CCCN1c2ccc(NC(=O)OC3CC(=O)Cc4ccccc43)cc2C(C)CC1(C)C. The van der Waals surface area contributed by atoms with Crippen LogP contribution in [0.3, 0.4) is 0 Å². The van der Waals surface area contributed by atoms with E-state index < -0.39 is 12.2 Å². The van der Waals surface area contributed by atoms with E-state index >= 15 is 0 Å².